The number of hydrogen-bond donors (Lipinski definition) is 2. The van der Waals surface area contributed by atoms with Crippen molar-refractivity contribution in [2.75, 3.05) is 13.2 Å². The minimum Gasteiger partial charge on any atom is -0.492 e. The molecule has 7 nitrogen and oxygen atoms in total. The molecule has 2 unspecified atom stereocenters. The highest BCUT2D eigenvalue weighted by atomic mass is 16.5. The van der Waals surface area contributed by atoms with E-state index in [2.05, 4.69) is 108 Å². The summed E-state index contributed by atoms with van der Waals surface area (Å²) >= 11 is 0. The van der Waals surface area contributed by atoms with Crippen LogP contribution in [0.2, 0.25) is 0 Å². The van der Waals surface area contributed by atoms with E-state index in [9.17, 15) is 0 Å². The summed E-state index contributed by atoms with van der Waals surface area (Å²) in [5.74, 6) is 2.54. The lowest BCUT2D eigenvalue weighted by Crippen LogP contribution is -2.45. The molecule has 0 saturated carbocycles. The maximum atomic E-state index is 6.18. The number of benzene rings is 3. The number of fused-ring (bicyclic) bond motifs is 2. The summed E-state index contributed by atoms with van der Waals surface area (Å²) in [7, 11) is 0. The standard InChI is InChI=1S/C33H40N6O/c1-21-7-6-8-22(2)39(21)15-16-40-27-13-11-23-17-25(10-9-24(23)18-27)31-28-19-26(12-14-29(28)35-37-31)32-34-30(36-38-32)20-33(3,4)5/h9-14,17-19,21-22H,6-8,15-16,20H2,1-5H3,(H,35,37)(H,34,36,38). The first-order chi connectivity index (χ1) is 19.2. The monoisotopic (exact) mass is 536 g/mol. The predicted octanol–water partition coefficient (Wildman–Crippen LogP) is 7.40. The minimum atomic E-state index is 0.145. The third-order valence-electron chi connectivity index (χ3n) is 8.13. The molecule has 208 valence electrons. The second-order valence-electron chi connectivity index (χ2n) is 12.6. The number of nitrogens with zero attached hydrogens (tertiary/aromatic N) is 4. The van der Waals surface area contributed by atoms with Crippen LogP contribution in [0.15, 0.2) is 54.6 Å². The number of piperidine rings is 1. The first-order valence-corrected chi connectivity index (χ1v) is 14.6. The fourth-order valence-corrected chi connectivity index (χ4v) is 6.02. The highest BCUT2D eigenvalue weighted by molar-refractivity contribution is 5.97. The average molecular weight is 537 g/mol. The van der Waals surface area contributed by atoms with E-state index in [1.807, 2.05) is 6.07 Å². The lowest BCUT2D eigenvalue weighted by Gasteiger charge is -2.38. The Labute approximate surface area is 236 Å². The Kier molecular flexibility index (Phi) is 7.09. The Morgan fingerprint density at radius 2 is 1.62 bits per heavy atom. The van der Waals surface area contributed by atoms with Gasteiger partial charge in [0.1, 0.15) is 18.2 Å². The molecule has 5 aromatic rings. The van der Waals surface area contributed by atoms with Gasteiger partial charge in [-0.1, -0.05) is 45.4 Å². The summed E-state index contributed by atoms with van der Waals surface area (Å²) in [5, 5.41) is 18.8. The molecular formula is C33H40N6O. The van der Waals surface area contributed by atoms with Crippen molar-refractivity contribution in [3.05, 3.63) is 60.4 Å². The number of hydrogen-bond acceptors (Lipinski definition) is 5. The summed E-state index contributed by atoms with van der Waals surface area (Å²) in [4.78, 5) is 7.34. The van der Waals surface area contributed by atoms with Crippen LogP contribution in [-0.2, 0) is 6.42 Å². The fourth-order valence-electron chi connectivity index (χ4n) is 6.02. The van der Waals surface area contributed by atoms with Crippen molar-refractivity contribution in [3.63, 3.8) is 0 Å². The summed E-state index contributed by atoms with van der Waals surface area (Å²) in [6.45, 7) is 13.0. The number of rotatable bonds is 7. The Bertz CT molecular complexity index is 1620. The van der Waals surface area contributed by atoms with Crippen LogP contribution in [0, 0.1) is 5.41 Å². The lowest BCUT2D eigenvalue weighted by molar-refractivity contribution is 0.0852. The molecule has 3 aromatic carbocycles. The van der Waals surface area contributed by atoms with Crippen molar-refractivity contribution in [1.29, 1.82) is 0 Å². The molecule has 2 aromatic heterocycles. The second-order valence-corrected chi connectivity index (χ2v) is 12.6. The van der Waals surface area contributed by atoms with Crippen molar-refractivity contribution in [3.8, 4) is 28.4 Å². The van der Waals surface area contributed by atoms with Crippen molar-refractivity contribution in [1.82, 2.24) is 30.3 Å². The van der Waals surface area contributed by atoms with E-state index in [-0.39, 0.29) is 5.41 Å². The summed E-state index contributed by atoms with van der Waals surface area (Å²) in [5.41, 5.74) is 4.11. The smallest absolute Gasteiger partial charge is 0.181 e. The van der Waals surface area contributed by atoms with Gasteiger partial charge in [0.15, 0.2) is 5.82 Å². The van der Waals surface area contributed by atoms with Gasteiger partial charge in [-0.2, -0.15) is 10.2 Å². The van der Waals surface area contributed by atoms with Crippen LogP contribution in [0.1, 0.15) is 59.7 Å². The van der Waals surface area contributed by atoms with Gasteiger partial charge in [0.25, 0.3) is 0 Å². The molecule has 0 radical (unpaired) electrons. The van der Waals surface area contributed by atoms with Crippen LogP contribution >= 0.6 is 0 Å². The molecule has 2 N–H and O–H groups in total. The van der Waals surface area contributed by atoms with Gasteiger partial charge in [0, 0.05) is 41.6 Å². The summed E-state index contributed by atoms with van der Waals surface area (Å²) in [6.07, 6.45) is 4.75. The topological polar surface area (TPSA) is 82.7 Å². The lowest BCUT2D eigenvalue weighted by atomic mass is 9.92. The quantitative estimate of drug-likeness (QED) is 0.226. The first kappa shape index (κ1) is 26.5. The molecule has 1 aliphatic rings. The van der Waals surface area contributed by atoms with Crippen LogP contribution in [0.25, 0.3) is 44.3 Å². The van der Waals surface area contributed by atoms with E-state index in [4.69, 9.17) is 9.72 Å². The fraction of sp³-hybridized carbons (Fsp3) is 0.424. The van der Waals surface area contributed by atoms with Gasteiger partial charge in [-0.3, -0.25) is 15.1 Å². The van der Waals surface area contributed by atoms with E-state index in [1.54, 1.807) is 0 Å². The van der Waals surface area contributed by atoms with Gasteiger partial charge in [-0.15, -0.1) is 0 Å². The molecule has 40 heavy (non-hydrogen) atoms. The van der Waals surface area contributed by atoms with Gasteiger partial charge >= 0.3 is 0 Å². The van der Waals surface area contributed by atoms with Gasteiger partial charge in [-0.25, -0.2) is 4.98 Å². The molecule has 2 atom stereocenters. The second kappa shape index (κ2) is 10.7. The zero-order chi connectivity index (χ0) is 27.9. The SMILES string of the molecule is CC1CCCC(C)N1CCOc1ccc2cc(-c3n[nH]c4ccc(-c5n[nH]c(CC(C)(C)C)n5)cc34)ccc2c1. The highest BCUT2D eigenvalue weighted by Crippen LogP contribution is 2.32. The Morgan fingerprint density at radius 3 is 2.42 bits per heavy atom. The van der Waals surface area contributed by atoms with Crippen molar-refractivity contribution >= 4 is 21.7 Å². The normalized spacial score (nSPS) is 18.5. The zero-order valence-corrected chi connectivity index (χ0v) is 24.3. The third-order valence-corrected chi connectivity index (χ3v) is 8.13. The Morgan fingerprint density at radius 1 is 0.875 bits per heavy atom. The van der Waals surface area contributed by atoms with Crippen molar-refractivity contribution in [2.45, 2.75) is 72.4 Å². The van der Waals surface area contributed by atoms with Crippen LogP contribution < -0.4 is 4.74 Å². The van der Waals surface area contributed by atoms with Crippen LogP contribution in [0.5, 0.6) is 5.75 Å². The molecule has 1 fully saturated rings. The van der Waals surface area contributed by atoms with Crippen LogP contribution in [-0.4, -0.2) is 55.5 Å². The Balaban J connectivity index is 1.20. The molecule has 0 aliphatic carbocycles. The molecule has 0 spiro atoms. The molecular weight excluding hydrogens is 496 g/mol. The Hall–Kier alpha value is -3.71. The van der Waals surface area contributed by atoms with E-state index < -0.39 is 0 Å². The van der Waals surface area contributed by atoms with E-state index in [0.29, 0.717) is 24.5 Å². The van der Waals surface area contributed by atoms with Gasteiger partial charge in [0.2, 0.25) is 0 Å². The van der Waals surface area contributed by atoms with Crippen LogP contribution in [0.3, 0.4) is 0 Å². The number of nitrogens with one attached hydrogen (secondary N) is 2. The molecule has 1 saturated heterocycles. The van der Waals surface area contributed by atoms with Crippen molar-refractivity contribution in [2.24, 2.45) is 5.41 Å². The highest BCUT2D eigenvalue weighted by Gasteiger charge is 2.24. The molecule has 1 aliphatic heterocycles. The number of aromatic nitrogens is 5. The third kappa shape index (κ3) is 5.61. The van der Waals surface area contributed by atoms with E-state index in [1.165, 1.54) is 19.3 Å². The van der Waals surface area contributed by atoms with Gasteiger partial charge in [-0.05, 0) is 79.3 Å². The zero-order valence-electron chi connectivity index (χ0n) is 24.3. The van der Waals surface area contributed by atoms with Gasteiger partial charge < -0.3 is 4.74 Å². The maximum absolute atomic E-state index is 6.18. The predicted molar refractivity (Wildman–Crippen MR) is 163 cm³/mol. The van der Waals surface area contributed by atoms with Gasteiger partial charge in [0.05, 0.1) is 11.2 Å². The summed E-state index contributed by atoms with van der Waals surface area (Å²) in [6, 6.07) is 20.4. The molecule has 0 amide bonds. The maximum Gasteiger partial charge on any atom is 0.181 e. The number of aromatic amines is 2. The van der Waals surface area contributed by atoms with Crippen molar-refractivity contribution < 1.29 is 4.74 Å². The molecule has 0 bridgehead atoms. The number of ether oxygens (including phenoxy) is 1. The van der Waals surface area contributed by atoms with Crippen LogP contribution in [0.4, 0.5) is 0 Å². The van der Waals surface area contributed by atoms with E-state index in [0.717, 1.165) is 63.0 Å². The molecule has 6 rings (SSSR count). The largest absolute Gasteiger partial charge is 0.492 e. The first-order valence-electron chi connectivity index (χ1n) is 14.6. The van der Waals surface area contributed by atoms with E-state index >= 15 is 0 Å². The summed E-state index contributed by atoms with van der Waals surface area (Å²) < 4.78 is 6.18. The number of H-pyrrole nitrogens is 2. The number of likely N-dealkylation sites (tertiary alicyclic amines) is 1. The average Bonchev–Trinajstić information content (AvgIpc) is 3.56. The molecule has 7 heteroatoms. The molecule has 3 heterocycles. The minimum absolute atomic E-state index is 0.145.